The number of alkyl halides is 3. The van der Waals surface area contributed by atoms with E-state index in [1.165, 1.54) is 33.7 Å². The molecule has 0 bridgehead atoms. The van der Waals surface area contributed by atoms with Gasteiger partial charge in [0.1, 0.15) is 6.17 Å². The summed E-state index contributed by atoms with van der Waals surface area (Å²) < 4.78 is -1.78. The smallest absolute Gasteiger partial charge is 0.269 e. The maximum Gasteiger partial charge on any atom is 0.269 e. The van der Waals surface area contributed by atoms with Crippen LogP contribution >= 0.6 is 68.0 Å². The normalized spacial score (nSPS) is 16.9. The summed E-state index contributed by atoms with van der Waals surface area (Å²) in [5.41, 5.74) is 1.07. The first-order valence-corrected chi connectivity index (χ1v) is 11.7. The molecule has 2 aromatic carbocycles. The lowest BCUT2D eigenvalue weighted by atomic mass is 10.1. The molecule has 11 heteroatoms. The van der Waals surface area contributed by atoms with Gasteiger partial charge < -0.3 is 0 Å². The van der Waals surface area contributed by atoms with Gasteiger partial charge in [-0.1, -0.05) is 68.0 Å². The minimum atomic E-state index is -1.78. The van der Waals surface area contributed by atoms with Gasteiger partial charge in [0.25, 0.3) is 5.69 Å². The van der Waals surface area contributed by atoms with E-state index >= 15 is 0 Å². The van der Waals surface area contributed by atoms with Crippen molar-refractivity contribution in [1.29, 1.82) is 0 Å². The van der Waals surface area contributed by atoms with E-state index in [9.17, 15) is 10.1 Å². The number of rotatable bonds is 5. The Balaban J connectivity index is 1.89. The second-order valence-corrected chi connectivity index (χ2v) is 10.7. The summed E-state index contributed by atoms with van der Waals surface area (Å²) in [6.07, 6.45) is 2.59. The molecule has 0 spiro atoms. The molecule has 0 amide bonds. The highest BCUT2D eigenvalue weighted by Crippen LogP contribution is 2.49. The second kappa shape index (κ2) is 9.43. The van der Waals surface area contributed by atoms with Gasteiger partial charge in [0.05, 0.1) is 4.92 Å². The van der Waals surface area contributed by atoms with Crippen molar-refractivity contribution in [2.24, 2.45) is 4.99 Å². The van der Waals surface area contributed by atoms with E-state index in [1.807, 2.05) is 18.3 Å². The predicted octanol–water partition coefficient (Wildman–Crippen LogP) is 6.94. The molecule has 1 atom stereocenters. The fourth-order valence-electron chi connectivity index (χ4n) is 2.53. The van der Waals surface area contributed by atoms with Gasteiger partial charge in [0.2, 0.25) is 3.79 Å². The Morgan fingerprint density at radius 3 is 2.50 bits per heavy atom. The van der Waals surface area contributed by atoms with E-state index < -0.39 is 8.72 Å². The molecule has 0 radical (unpaired) electrons. The Kier molecular flexibility index (Phi) is 7.42. The molecule has 0 fully saturated rings. The van der Waals surface area contributed by atoms with Gasteiger partial charge in [0, 0.05) is 50.8 Å². The van der Waals surface area contributed by atoms with Crippen LogP contribution in [0.2, 0.25) is 5.02 Å². The molecule has 28 heavy (non-hydrogen) atoms. The molecular formula is C17H13Cl4N3O2S2. The van der Waals surface area contributed by atoms with Crippen LogP contribution < -0.4 is 5.32 Å². The molecule has 1 unspecified atom stereocenters. The highest BCUT2D eigenvalue weighted by atomic mass is 35.6. The van der Waals surface area contributed by atoms with E-state index in [-0.39, 0.29) is 17.4 Å². The minimum Gasteiger partial charge on any atom is -0.292 e. The number of nitro benzene ring substituents is 1. The second-order valence-electron chi connectivity index (χ2n) is 5.76. The quantitative estimate of drug-likeness (QED) is 0.210. The standard InChI is InChI=1S/C17H13Cl4N3O2S2/c18-10-2-4-14(12(8-10)16-22-6-1-7-23-16)27-28-15-5-3-11(24(25)26)9-13(15)17(19,20)21/h2-6,8-9,16,23H,1,7H2. The Morgan fingerprint density at radius 2 is 1.86 bits per heavy atom. The van der Waals surface area contributed by atoms with Crippen molar-refractivity contribution in [3.05, 3.63) is 62.7 Å². The SMILES string of the molecule is O=[N+]([O-])c1ccc(SSc2ccc(Cl)cc2C2N=CCCN2)c(C(Cl)(Cl)Cl)c1. The number of hydrogen-bond acceptors (Lipinski definition) is 6. The van der Waals surface area contributed by atoms with E-state index in [1.54, 1.807) is 12.1 Å². The number of aliphatic imine (C=N–C) groups is 1. The molecule has 3 rings (SSSR count). The Labute approximate surface area is 189 Å². The zero-order valence-electron chi connectivity index (χ0n) is 14.1. The van der Waals surface area contributed by atoms with Crippen LogP contribution in [-0.4, -0.2) is 17.7 Å². The van der Waals surface area contributed by atoms with Gasteiger partial charge in [-0.3, -0.25) is 20.4 Å². The van der Waals surface area contributed by atoms with Crippen LogP contribution in [0.5, 0.6) is 0 Å². The number of non-ortho nitro benzene ring substituents is 1. The largest absolute Gasteiger partial charge is 0.292 e. The van der Waals surface area contributed by atoms with E-state index in [2.05, 4.69) is 10.3 Å². The summed E-state index contributed by atoms with van der Waals surface area (Å²) in [7, 11) is 2.79. The molecule has 0 aliphatic carbocycles. The number of benzene rings is 2. The lowest BCUT2D eigenvalue weighted by Gasteiger charge is -2.21. The van der Waals surface area contributed by atoms with Gasteiger partial charge in [-0.25, -0.2) is 0 Å². The summed E-state index contributed by atoms with van der Waals surface area (Å²) in [5.74, 6) is 0. The summed E-state index contributed by atoms with van der Waals surface area (Å²) in [6, 6.07) is 9.83. The summed E-state index contributed by atoms with van der Waals surface area (Å²) in [6.45, 7) is 0.831. The van der Waals surface area contributed by atoms with Gasteiger partial charge in [-0.05, 0) is 30.7 Å². The highest BCUT2D eigenvalue weighted by Gasteiger charge is 2.29. The fraction of sp³-hybridized carbons (Fsp3) is 0.235. The number of nitrogens with zero attached hydrogens (tertiary/aromatic N) is 2. The Bertz CT molecular complexity index is 922. The van der Waals surface area contributed by atoms with Crippen molar-refractivity contribution in [1.82, 2.24) is 5.32 Å². The predicted molar refractivity (Wildman–Crippen MR) is 119 cm³/mol. The Hall–Kier alpha value is -0.670. The zero-order valence-corrected chi connectivity index (χ0v) is 18.7. The molecule has 2 aromatic rings. The van der Waals surface area contributed by atoms with Crippen LogP contribution in [0.4, 0.5) is 5.69 Å². The van der Waals surface area contributed by atoms with Crippen LogP contribution in [0.15, 0.2) is 51.2 Å². The maximum absolute atomic E-state index is 11.1. The van der Waals surface area contributed by atoms with Crippen molar-refractivity contribution >= 4 is 79.9 Å². The molecule has 5 nitrogen and oxygen atoms in total. The third-order valence-electron chi connectivity index (χ3n) is 3.83. The molecular weight excluding hydrogens is 484 g/mol. The van der Waals surface area contributed by atoms with Crippen molar-refractivity contribution in [3.63, 3.8) is 0 Å². The maximum atomic E-state index is 11.1. The third kappa shape index (κ3) is 5.48. The van der Waals surface area contributed by atoms with E-state index in [0.717, 1.165) is 23.4 Å². The third-order valence-corrected chi connectivity index (χ3v) is 7.18. The van der Waals surface area contributed by atoms with Crippen LogP contribution in [0, 0.1) is 10.1 Å². The molecule has 1 aliphatic rings. The van der Waals surface area contributed by atoms with E-state index in [0.29, 0.717) is 9.92 Å². The molecule has 0 aromatic heterocycles. The number of halogens is 4. The topological polar surface area (TPSA) is 67.5 Å². The van der Waals surface area contributed by atoms with Crippen molar-refractivity contribution in [3.8, 4) is 0 Å². The monoisotopic (exact) mass is 495 g/mol. The number of hydrogen-bond donors (Lipinski definition) is 1. The van der Waals surface area contributed by atoms with Crippen LogP contribution in [0.3, 0.4) is 0 Å². The number of nitro groups is 1. The first-order chi connectivity index (χ1) is 13.3. The average molecular weight is 497 g/mol. The lowest BCUT2D eigenvalue weighted by molar-refractivity contribution is -0.385. The van der Waals surface area contributed by atoms with Crippen LogP contribution in [0.25, 0.3) is 0 Å². The molecule has 0 saturated carbocycles. The number of nitrogens with one attached hydrogen (secondary N) is 1. The molecule has 1 N–H and O–H groups in total. The van der Waals surface area contributed by atoms with Crippen LogP contribution in [0.1, 0.15) is 23.7 Å². The van der Waals surface area contributed by atoms with Crippen molar-refractivity contribution in [2.75, 3.05) is 6.54 Å². The minimum absolute atomic E-state index is 0.136. The molecule has 1 aliphatic heterocycles. The summed E-state index contributed by atoms with van der Waals surface area (Å²) in [4.78, 5) is 16.6. The highest BCUT2D eigenvalue weighted by molar-refractivity contribution is 8.76. The Morgan fingerprint density at radius 1 is 1.14 bits per heavy atom. The zero-order chi connectivity index (χ0) is 20.3. The van der Waals surface area contributed by atoms with Gasteiger partial charge in [-0.15, -0.1) is 0 Å². The van der Waals surface area contributed by atoms with Gasteiger partial charge >= 0.3 is 0 Å². The first-order valence-electron chi connectivity index (χ1n) is 8.00. The van der Waals surface area contributed by atoms with Crippen molar-refractivity contribution in [2.45, 2.75) is 26.2 Å². The first kappa shape index (κ1) is 22.0. The lowest BCUT2D eigenvalue weighted by Crippen LogP contribution is -2.25. The molecule has 1 heterocycles. The molecule has 148 valence electrons. The van der Waals surface area contributed by atoms with Gasteiger partial charge in [-0.2, -0.15) is 0 Å². The van der Waals surface area contributed by atoms with Crippen LogP contribution in [-0.2, 0) is 3.79 Å². The van der Waals surface area contributed by atoms with Crippen molar-refractivity contribution < 1.29 is 4.92 Å². The summed E-state index contributed by atoms with van der Waals surface area (Å²) >= 11 is 24.3. The average Bonchev–Trinajstić information content (AvgIpc) is 2.66. The summed E-state index contributed by atoms with van der Waals surface area (Å²) in [5, 5.41) is 15.0. The van der Waals surface area contributed by atoms with Gasteiger partial charge in [0.15, 0.2) is 0 Å². The molecule has 0 saturated heterocycles. The van der Waals surface area contributed by atoms with E-state index in [4.69, 9.17) is 46.4 Å². The fourth-order valence-corrected chi connectivity index (χ4v) is 5.77.